The summed E-state index contributed by atoms with van der Waals surface area (Å²) in [6, 6.07) is 17.8. The first-order chi connectivity index (χ1) is 16.4. The summed E-state index contributed by atoms with van der Waals surface area (Å²) < 4.78 is 10.7. The number of likely N-dealkylation sites (N-methyl/N-ethyl adjacent to an activating group) is 1. The molecule has 1 N–H and O–H groups in total. The van der Waals surface area contributed by atoms with E-state index < -0.39 is 17.7 Å². The minimum atomic E-state index is -0.723. The largest absolute Gasteiger partial charge is 0.507 e. The Bertz CT molecular complexity index is 1280. The fraction of sp³-hybridized carbons (Fsp3) is 0.259. The van der Waals surface area contributed by atoms with Crippen LogP contribution in [0.2, 0.25) is 0 Å². The van der Waals surface area contributed by atoms with Gasteiger partial charge in [-0.2, -0.15) is 0 Å². The van der Waals surface area contributed by atoms with Crippen molar-refractivity contribution in [3.05, 3.63) is 77.4 Å². The molecule has 0 bridgehead atoms. The van der Waals surface area contributed by atoms with Crippen molar-refractivity contribution in [1.82, 2.24) is 9.80 Å². The molecule has 1 saturated heterocycles. The van der Waals surface area contributed by atoms with Crippen LogP contribution in [0.5, 0.6) is 11.5 Å². The Morgan fingerprint density at radius 1 is 0.971 bits per heavy atom. The quantitative estimate of drug-likeness (QED) is 0.328. The maximum atomic E-state index is 13.3. The number of methoxy groups -OCH3 is 2. The second kappa shape index (κ2) is 9.57. The first-order valence-electron chi connectivity index (χ1n) is 11.0. The standard InChI is InChI=1S/C27H28N2O5/c1-28(2)14-15-29-24(20-11-7-9-17-8-5-6-10-19(17)20)23(26(31)27(29)32)25(30)18-12-13-21(33-3)22(16-18)34-4/h5-13,16,24,30H,14-15H2,1-4H3/b25-23-. The van der Waals surface area contributed by atoms with Crippen LogP contribution < -0.4 is 9.47 Å². The van der Waals surface area contributed by atoms with E-state index >= 15 is 0 Å². The van der Waals surface area contributed by atoms with Gasteiger partial charge in [-0.25, -0.2) is 0 Å². The normalized spacial score (nSPS) is 17.6. The predicted molar refractivity (Wildman–Crippen MR) is 131 cm³/mol. The lowest BCUT2D eigenvalue weighted by Gasteiger charge is -2.27. The van der Waals surface area contributed by atoms with Gasteiger partial charge in [-0.1, -0.05) is 42.5 Å². The molecular formula is C27H28N2O5. The monoisotopic (exact) mass is 460 g/mol. The Labute approximate surface area is 198 Å². The third kappa shape index (κ3) is 4.10. The van der Waals surface area contributed by atoms with Crippen LogP contribution in [0.15, 0.2) is 66.2 Å². The van der Waals surface area contributed by atoms with Crippen LogP contribution in [0.3, 0.4) is 0 Å². The lowest BCUT2D eigenvalue weighted by Crippen LogP contribution is -2.35. The highest BCUT2D eigenvalue weighted by molar-refractivity contribution is 6.46. The van der Waals surface area contributed by atoms with Crippen LogP contribution in [0.25, 0.3) is 16.5 Å². The van der Waals surface area contributed by atoms with E-state index in [1.165, 1.54) is 14.2 Å². The number of nitrogens with zero attached hydrogens (tertiary/aromatic N) is 2. The SMILES string of the molecule is COc1ccc(/C(O)=C2/C(=O)C(=O)N(CCN(C)C)C2c2cccc3ccccc23)cc1OC. The Hall–Kier alpha value is -3.84. The van der Waals surface area contributed by atoms with Gasteiger partial charge in [0.05, 0.1) is 25.8 Å². The molecule has 1 unspecified atom stereocenters. The van der Waals surface area contributed by atoms with Crippen molar-refractivity contribution in [2.24, 2.45) is 0 Å². The van der Waals surface area contributed by atoms with Crippen molar-refractivity contribution in [3.63, 3.8) is 0 Å². The number of Topliss-reactive ketones (excluding diaryl/α,β-unsaturated/α-hetero) is 1. The number of hydrogen-bond donors (Lipinski definition) is 1. The van der Waals surface area contributed by atoms with E-state index in [1.807, 2.05) is 61.5 Å². The number of rotatable bonds is 7. The fourth-order valence-corrected chi connectivity index (χ4v) is 4.37. The number of hydrogen-bond acceptors (Lipinski definition) is 6. The molecule has 1 fully saturated rings. The van der Waals surface area contributed by atoms with Crippen molar-refractivity contribution in [2.75, 3.05) is 41.4 Å². The number of amides is 1. The van der Waals surface area contributed by atoms with Gasteiger partial charge in [0.2, 0.25) is 0 Å². The molecule has 1 aliphatic rings. The topological polar surface area (TPSA) is 79.3 Å². The summed E-state index contributed by atoms with van der Waals surface area (Å²) in [5, 5.41) is 13.3. The number of benzene rings is 3. The Morgan fingerprint density at radius 2 is 1.68 bits per heavy atom. The zero-order chi connectivity index (χ0) is 24.4. The van der Waals surface area contributed by atoms with Gasteiger partial charge in [0.1, 0.15) is 5.76 Å². The number of fused-ring (bicyclic) bond motifs is 1. The summed E-state index contributed by atoms with van der Waals surface area (Å²) in [5.74, 6) is -0.665. The summed E-state index contributed by atoms with van der Waals surface area (Å²) in [4.78, 5) is 30.0. The number of ketones is 1. The second-order valence-corrected chi connectivity index (χ2v) is 8.43. The Morgan fingerprint density at radius 3 is 2.38 bits per heavy atom. The molecule has 0 saturated carbocycles. The molecule has 3 aromatic rings. The number of carbonyl (C=O) groups excluding carboxylic acids is 2. The molecular weight excluding hydrogens is 432 g/mol. The summed E-state index contributed by atoms with van der Waals surface area (Å²) >= 11 is 0. The molecule has 0 spiro atoms. The molecule has 1 atom stereocenters. The highest BCUT2D eigenvalue weighted by Gasteiger charge is 2.46. The second-order valence-electron chi connectivity index (χ2n) is 8.43. The molecule has 0 aromatic heterocycles. The van der Waals surface area contributed by atoms with Gasteiger partial charge < -0.3 is 24.4 Å². The molecule has 1 heterocycles. The third-order valence-corrected chi connectivity index (χ3v) is 6.10. The maximum absolute atomic E-state index is 13.3. The lowest BCUT2D eigenvalue weighted by atomic mass is 9.91. The van der Waals surface area contributed by atoms with Crippen molar-refractivity contribution in [2.45, 2.75) is 6.04 Å². The van der Waals surface area contributed by atoms with Gasteiger partial charge in [-0.3, -0.25) is 9.59 Å². The summed E-state index contributed by atoms with van der Waals surface area (Å²) in [6.45, 7) is 0.916. The fourth-order valence-electron chi connectivity index (χ4n) is 4.37. The van der Waals surface area contributed by atoms with Gasteiger partial charge in [0, 0.05) is 18.7 Å². The van der Waals surface area contributed by atoms with E-state index in [9.17, 15) is 14.7 Å². The number of aliphatic hydroxyl groups is 1. The molecule has 0 radical (unpaired) electrons. The van der Waals surface area contributed by atoms with Gasteiger partial charge in [-0.05, 0) is 48.6 Å². The molecule has 3 aromatic carbocycles. The van der Waals surface area contributed by atoms with Crippen LogP contribution in [0.1, 0.15) is 17.2 Å². The molecule has 0 aliphatic carbocycles. The first-order valence-corrected chi connectivity index (χ1v) is 11.0. The molecule has 4 rings (SSSR count). The summed E-state index contributed by atoms with van der Waals surface area (Å²) in [7, 11) is 6.84. The number of aliphatic hydroxyl groups excluding tert-OH is 1. The predicted octanol–water partition coefficient (Wildman–Crippen LogP) is 3.84. The highest BCUT2D eigenvalue weighted by Crippen LogP contribution is 2.42. The van der Waals surface area contributed by atoms with E-state index in [0.29, 0.717) is 30.2 Å². The summed E-state index contributed by atoms with van der Waals surface area (Å²) in [6.07, 6.45) is 0. The van der Waals surface area contributed by atoms with Crippen molar-refractivity contribution in [1.29, 1.82) is 0 Å². The van der Waals surface area contributed by atoms with Crippen molar-refractivity contribution in [3.8, 4) is 11.5 Å². The molecule has 7 heteroatoms. The van der Waals surface area contributed by atoms with Crippen LogP contribution in [0.4, 0.5) is 0 Å². The van der Waals surface area contributed by atoms with E-state index in [2.05, 4.69) is 0 Å². The lowest BCUT2D eigenvalue weighted by molar-refractivity contribution is -0.140. The minimum Gasteiger partial charge on any atom is -0.507 e. The minimum absolute atomic E-state index is 0.0623. The van der Waals surface area contributed by atoms with E-state index in [4.69, 9.17) is 9.47 Å². The molecule has 7 nitrogen and oxygen atoms in total. The van der Waals surface area contributed by atoms with Crippen molar-refractivity contribution >= 4 is 28.2 Å². The van der Waals surface area contributed by atoms with Gasteiger partial charge in [0.15, 0.2) is 11.5 Å². The van der Waals surface area contributed by atoms with Crippen LogP contribution in [-0.4, -0.2) is 68.0 Å². The average Bonchev–Trinajstić information content (AvgIpc) is 3.10. The van der Waals surface area contributed by atoms with Gasteiger partial charge in [0.25, 0.3) is 11.7 Å². The summed E-state index contributed by atoms with van der Waals surface area (Å²) in [5.41, 5.74) is 1.22. The van der Waals surface area contributed by atoms with E-state index in [1.54, 1.807) is 23.1 Å². The number of likely N-dealkylation sites (tertiary alicyclic amines) is 1. The maximum Gasteiger partial charge on any atom is 0.295 e. The van der Waals surface area contributed by atoms with E-state index in [-0.39, 0.29) is 11.3 Å². The van der Waals surface area contributed by atoms with Crippen LogP contribution in [0, 0.1) is 0 Å². The third-order valence-electron chi connectivity index (χ3n) is 6.10. The average molecular weight is 461 g/mol. The number of carbonyl (C=O) groups is 2. The molecule has 34 heavy (non-hydrogen) atoms. The Balaban J connectivity index is 1.94. The van der Waals surface area contributed by atoms with E-state index in [0.717, 1.165) is 16.3 Å². The van der Waals surface area contributed by atoms with Crippen LogP contribution >= 0.6 is 0 Å². The zero-order valence-corrected chi connectivity index (χ0v) is 19.7. The molecule has 1 amide bonds. The van der Waals surface area contributed by atoms with Gasteiger partial charge in [-0.15, -0.1) is 0 Å². The van der Waals surface area contributed by atoms with Gasteiger partial charge >= 0.3 is 0 Å². The van der Waals surface area contributed by atoms with Crippen LogP contribution in [-0.2, 0) is 9.59 Å². The Kier molecular flexibility index (Phi) is 6.56. The highest BCUT2D eigenvalue weighted by atomic mass is 16.5. The smallest absolute Gasteiger partial charge is 0.295 e. The zero-order valence-electron chi connectivity index (χ0n) is 19.7. The first kappa shape index (κ1) is 23.3. The van der Waals surface area contributed by atoms with Crippen molar-refractivity contribution < 1.29 is 24.2 Å². The number of ether oxygens (including phenoxy) is 2. The molecule has 1 aliphatic heterocycles. The molecule has 176 valence electrons.